The lowest BCUT2D eigenvalue weighted by Crippen LogP contribution is -1.98. The molecule has 0 aliphatic rings. The largest absolute Gasteiger partial charge is 0.309 e. The van der Waals surface area contributed by atoms with Crippen LogP contribution in [0.2, 0.25) is 0 Å². The molecule has 0 aliphatic heterocycles. The maximum atomic E-state index is 2.50. The van der Waals surface area contributed by atoms with Crippen LogP contribution in [-0.2, 0) is 0 Å². The van der Waals surface area contributed by atoms with Gasteiger partial charge in [0.15, 0.2) is 0 Å². The Kier molecular flexibility index (Phi) is 6.41. The van der Waals surface area contributed by atoms with E-state index in [1.165, 1.54) is 87.2 Å². The molecule has 0 bridgehead atoms. The second-order valence-corrected chi connectivity index (χ2v) is 15.3. The molecule has 270 valence electrons. The first-order chi connectivity index (χ1) is 28.8. The zero-order valence-electron chi connectivity index (χ0n) is 31.4. The van der Waals surface area contributed by atoms with E-state index < -0.39 is 0 Å². The van der Waals surface area contributed by atoms with Gasteiger partial charge in [0.05, 0.1) is 49.8 Å². The van der Waals surface area contributed by atoms with Crippen LogP contribution in [0.4, 0.5) is 0 Å². The molecule has 0 radical (unpaired) electrons. The number of benzene rings is 9. The van der Waals surface area contributed by atoms with Gasteiger partial charge in [-0.25, -0.2) is 0 Å². The predicted octanol–water partition coefficient (Wildman–Crippen LogP) is 14.1. The summed E-state index contributed by atoms with van der Waals surface area (Å²) in [4.78, 5) is 0. The SMILES string of the molecule is c1ccc(-n2c3ccccc3c3ccc(-n4c5ccccc5c5c(-n6c7ccccc7c7ccc(-n8c9ccccc9c9ccccc98)cc76)cccc54)cc32)cc1. The third kappa shape index (κ3) is 4.23. The van der Waals surface area contributed by atoms with Gasteiger partial charge >= 0.3 is 0 Å². The van der Waals surface area contributed by atoms with Crippen LogP contribution in [0.1, 0.15) is 0 Å². The second-order valence-electron chi connectivity index (χ2n) is 15.3. The Hall–Kier alpha value is -7.82. The number of aromatic nitrogens is 4. The Morgan fingerprint density at radius 1 is 0.207 bits per heavy atom. The van der Waals surface area contributed by atoms with Gasteiger partial charge in [-0.2, -0.15) is 0 Å². The normalized spacial score (nSPS) is 12.1. The zero-order valence-corrected chi connectivity index (χ0v) is 31.4. The Bertz CT molecular complexity index is 3740. The van der Waals surface area contributed by atoms with Gasteiger partial charge in [0.1, 0.15) is 0 Å². The molecule has 4 aromatic heterocycles. The molecule has 0 spiro atoms. The van der Waals surface area contributed by atoms with Gasteiger partial charge in [-0.15, -0.1) is 0 Å². The van der Waals surface area contributed by atoms with Crippen LogP contribution in [0.3, 0.4) is 0 Å². The molecule has 4 heteroatoms. The molecule has 0 atom stereocenters. The summed E-state index contributed by atoms with van der Waals surface area (Å²) in [5.74, 6) is 0. The van der Waals surface area contributed by atoms with Crippen LogP contribution in [0.5, 0.6) is 0 Å². The molecule has 58 heavy (non-hydrogen) atoms. The van der Waals surface area contributed by atoms with Crippen molar-refractivity contribution in [3.8, 4) is 22.7 Å². The Morgan fingerprint density at radius 2 is 0.569 bits per heavy atom. The predicted molar refractivity (Wildman–Crippen MR) is 244 cm³/mol. The zero-order chi connectivity index (χ0) is 37.9. The summed E-state index contributed by atoms with van der Waals surface area (Å²) in [5, 5.41) is 9.95. The minimum atomic E-state index is 1.13. The van der Waals surface area contributed by atoms with Crippen molar-refractivity contribution in [2.75, 3.05) is 0 Å². The first-order valence-corrected chi connectivity index (χ1v) is 20.0. The lowest BCUT2D eigenvalue weighted by Gasteiger charge is -2.13. The molecular formula is C54H34N4. The van der Waals surface area contributed by atoms with Gasteiger partial charge in [-0.1, -0.05) is 127 Å². The van der Waals surface area contributed by atoms with E-state index in [4.69, 9.17) is 0 Å². The van der Waals surface area contributed by atoms with Crippen LogP contribution in [0.25, 0.3) is 110 Å². The van der Waals surface area contributed by atoms with Crippen molar-refractivity contribution in [2.24, 2.45) is 0 Å². The highest BCUT2D eigenvalue weighted by atomic mass is 15.0. The third-order valence-corrected chi connectivity index (χ3v) is 12.3. The van der Waals surface area contributed by atoms with Gasteiger partial charge in [0.2, 0.25) is 0 Å². The van der Waals surface area contributed by atoms with Crippen LogP contribution in [0.15, 0.2) is 206 Å². The summed E-state index contributed by atoms with van der Waals surface area (Å²) in [6, 6.07) is 75.5. The monoisotopic (exact) mass is 738 g/mol. The average molecular weight is 739 g/mol. The highest BCUT2D eigenvalue weighted by Crippen LogP contribution is 2.42. The quantitative estimate of drug-likeness (QED) is 0.171. The minimum Gasteiger partial charge on any atom is -0.309 e. The Balaban J connectivity index is 1.10. The smallest absolute Gasteiger partial charge is 0.0562 e. The number of fused-ring (bicyclic) bond motifs is 12. The summed E-state index contributed by atoms with van der Waals surface area (Å²) in [7, 11) is 0. The standard InChI is InChI=1S/C54H34N4/c1-2-15-35(16-3-1)55-45-22-9-6-19-40(45)42-31-30-37(33-52(42)55)57-49-26-13-8-21-44(49)54-50(57)27-14-28-51(54)58-48-25-12-7-20-41(48)43-32-29-36(34-53(43)58)56-46-23-10-4-17-38(46)39-18-5-11-24-47(39)56/h1-34H. The van der Waals surface area contributed by atoms with E-state index in [-0.39, 0.29) is 0 Å². The van der Waals surface area contributed by atoms with Crippen molar-refractivity contribution in [1.82, 2.24) is 18.3 Å². The van der Waals surface area contributed by atoms with E-state index in [1.54, 1.807) is 0 Å². The minimum absolute atomic E-state index is 1.13. The van der Waals surface area contributed by atoms with E-state index in [0.29, 0.717) is 0 Å². The van der Waals surface area contributed by atoms with Gasteiger partial charge in [0, 0.05) is 60.2 Å². The van der Waals surface area contributed by atoms with Gasteiger partial charge < -0.3 is 18.3 Å². The highest BCUT2D eigenvalue weighted by Gasteiger charge is 2.22. The lowest BCUT2D eigenvalue weighted by molar-refractivity contribution is 1.15. The summed E-state index contributed by atoms with van der Waals surface area (Å²) in [5.41, 5.74) is 14.1. The van der Waals surface area contributed by atoms with E-state index in [2.05, 4.69) is 225 Å². The fourth-order valence-corrected chi connectivity index (χ4v) is 9.98. The van der Waals surface area contributed by atoms with E-state index in [1.807, 2.05) is 0 Å². The molecule has 0 saturated carbocycles. The molecule has 0 fully saturated rings. The van der Waals surface area contributed by atoms with Crippen LogP contribution < -0.4 is 0 Å². The van der Waals surface area contributed by atoms with Crippen molar-refractivity contribution in [3.05, 3.63) is 206 Å². The average Bonchev–Trinajstić information content (AvgIpc) is 4.01. The van der Waals surface area contributed by atoms with Crippen molar-refractivity contribution in [2.45, 2.75) is 0 Å². The molecular weight excluding hydrogens is 705 g/mol. The van der Waals surface area contributed by atoms with Crippen LogP contribution in [0, 0.1) is 0 Å². The van der Waals surface area contributed by atoms with Gasteiger partial charge in [0.25, 0.3) is 0 Å². The van der Waals surface area contributed by atoms with Crippen LogP contribution in [-0.4, -0.2) is 18.3 Å². The molecule has 13 aromatic rings. The maximum Gasteiger partial charge on any atom is 0.0562 e. The Morgan fingerprint density at radius 3 is 1.10 bits per heavy atom. The van der Waals surface area contributed by atoms with E-state index in [9.17, 15) is 0 Å². The van der Waals surface area contributed by atoms with Gasteiger partial charge in [-0.3, -0.25) is 0 Å². The first kappa shape index (κ1) is 31.4. The number of nitrogens with zero attached hydrogens (tertiary/aromatic N) is 4. The van der Waals surface area contributed by atoms with Crippen molar-refractivity contribution in [1.29, 1.82) is 0 Å². The summed E-state index contributed by atoms with van der Waals surface area (Å²) < 4.78 is 9.78. The number of hydrogen-bond acceptors (Lipinski definition) is 0. The van der Waals surface area contributed by atoms with E-state index >= 15 is 0 Å². The summed E-state index contributed by atoms with van der Waals surface area (Å²) in [6.45, 7) is 0. The molecule has 4 heterocycles. The highest BCUT2D eigenvalue weighted by molar-refractivity contribution is 6.17. The number of rotatable bonds is 4. The lowest BCUT2D eigenvalue weighted by atomic mass is 10.1. The molecule has 13 rings (SSSR count). The fourth-order valence-electron chi connectivity index (χ4n) is 9.98. The van der Waals surface area contributed by atoms with Crippen molar-refractivity contribution < 1.29 is 0 Å². The Labute approximate surface area is 333 Å². The van der Waals surface area contributed by atoms with Crippen molar-refractivity contribution >= 4 is 87.2 Å². The van der Waals surface area contributed by atoms with E-state index in [0.717, 1.165) is 22.7 Å². The molecule has 4 nitrogen and oxygen atoms in total. The first-order valence-electron chi connectivity index (χ1n) is 20.0. The molecule has 0 unspecified atom stereocenters. The molecule has 0 aliphatic carbocycles. The molecule has 0 saturated heterocycles. The number of para-hydroxylation sites is 6. The third-order valence-electron chi connectivity index (χ3n) is 12.3. The summed E-state index contributed by atoms with van der Waals surface area (Å²) >= 11 is 0. The summed E-state index contributed by atoms with van der Waals surface area (Å²) in [6.07, 6.45) is 0. The molecule has 0 amide bonds. The molecule has 9 aromatic carbocycles. The molecule has 0 N–H and O–H groups in total. The van der Waals surface area contributed by atoms with Crippen molar-refractivity contribution in [3.63, 3.8) is 0 Å². The maximum absolute atomic E-state index is 2.50. The second kappa shape index (κ2) is 11.8. The number of hydrogen-bond donors (Lipinski definition) is 0. The fraction of sp³-hybridized carbons (Fsp3) is 0. The van der Waals surface area contributed by atoms with Crippen LogP contribution >= 0.6 is 0 Å². The van der Waals surface area contributed by atoms with Gasteiger partial charge in [-0.05, 0) is 78.9 Å². The topological polar surface area (TPSA) is 19.7 Å².